The number of rotatable bonds is 6. The molecule has 3 aromatic heterocycles. The Morgan fingerprint density at radius 1 is 1.11 bits per heavy atom. The number of anilines is 1. The lowest BCUT2D eigenvalue weighted by Crippen LogP contribution is -2.02. The average molecular weight is 395 g/mol. The van der Waals surface area contributed by atoms with Crippen LogP contribution in [0.5, 0.6) is 5.75 Å². The SMILES string of the molecule is CCNc1nccc2c1c(-c1cc(Cl)ncn1)nn2Cc1ccc(OC)cc1. The fraction of sp³-hybridized carbons (Fsp3) is 0.200. The van der Waals surface area contributed by atoms with Crippen LogP contribution in [0.15, 0.2) is 48.9 Å². The van der Waals surface area contributed by atoms with E-state index in [0.29, 0.717) is 17.4 Å². The molecule has 1 N–H and O–H groups in total. The molecule has 0 unspecified atom stereocenters. The van der Waals surface area contributed by atoms with Crippen LogP contribution in [0, 0.1) is 0 Å². The first kappa shape index (κ1) is 18.2. The molecule has 0 atom stereocenters. The predicted octanol–water partition coefficient (Wildman–Crippen LogP) is 4.03. The molecule has 0 spiro atoms. The van der Waals surface area contributed by atoms with Crippen LogP contribution >= 0.6 is 11.6 Å². The molecule has 0 bridgehead atoms. The highest BCUT2D eigenvalue weighted by molar-refractivity contribution is 6.29. The summed E-state index contributed by atoms with van der Waals surface area (Å²) in [7, 11) is 1.66. The zero-order valence-corrected chi connectivity index (χ0v) is 16.3. The third kappa shape index (κ3) is 3.48. The second kappa shape index (κ2) is 7.82. The molecule has 0 fully saturated rings. The van der Waals surface area contributed by atoms with Crippen molar-refractivity contribution >= 4 is 28.3 Å². The Kier molecular flexibility index (Phi) is 5.08. The molecule has 8 heteroatoms. The standard InChI is InChI=1S/C20H19ClN6O/c1-3-22-20-18-16(8-9-23-20)27(11-13-4-6-14(28-2)7-5-13)26-19(18)15-10-17(21)25-12-24-15/h4-10,12H,3,11H2,1-2H3,(H,22,23). The van der Waals surface area contributed by atoms with E-state index < -0.39 is 0 Å². The van der Waals surface area contributed by atoms with Crippen LogP contribution in [0.25, 0.3) is 22.3 Å². The Labute approximate surface area is 167 Å². The molecule has 0 aliphatic heterocycles. The highest BCUT2D eigenvalue weighted by Gasteiger charge is 2.18. The van der Waals surface area contributed by atoms with Crippen LogP contribution < -0.4 is 10.1 Å². The molecular weight excluding hydrogens is 376 g/mol. The summed E-state index contributed by atoms with van der Waals surface area (Å²) in [6.07, 6.45) is 3.22. The third-order valence-electron chi connectivity index (χ3n) is 4.38. The highest BCUT2D eigenvalue weighted by atomic mass is 35.5. The van der Waals surface area contributed by atoms with Crippen molar-refractivity contribution in [1.82, 2.24) is 24.7 Å². The first-order valence-electron chi connectivity index (χ1n) is 8.90. The number of ether oxygens (including phenoxy) is 1. The van der Waals surface area contributed by atoms with Crippen molar-refractivity contribution in [3.05, 3.63) is 59.6 Å². The van der Waals surface area contributed by atoms with Crippen LogP contribution in [0.3, 0.4) is 0 Å². The van der Waals surface area contributed by atoms with Crippen LogP contribution in [0.2, 0.25) is 5.15 Å². The highest BCUT2D eigenvalue weighted by Crippen LogP contribution is 2.32. The first-order valence-corrected chi connectivity index (χ1v) is 9.27. The van der Waals surface area contributed by atoms with Crippen molar-refractivity contribution in [3.63, 3.8) is 0 Å². The van der Waals surface area contributed by atoms with Gasteiger partial charge in [-0.15, -0.1) is 0 Å². The van der Waals surface area contributed by atoms with E-state index in [1.54, 1.807) is 19.4 Å². The molecule has 142 valence electrons. The summed E-state index contributed by atoms with van der Waals surface area (Å²) in [4.78, 5) is 12.8. The number of fused-ring (bicyclic) bond motifs is 1. The minimum absolute atomic E-state index is 0.372. The average Bonchev–Trinajstić information content (AvgIpc) is 3.08. The molecule has 0 aliphatic rings. The minimum atomic E-state index is 0.372. The van der Waals surface area contributed by atoms with Crippen molar-refractivity contribution in [2.45, 2.75) is 13.5 Å². The summed E-state index contributed by atoms with van der Waals surface area (Å²) in [6, 6.07) is 11.6. The van der Waals surface area contributed by atoms with Gasteiger partial charge >= 0.3 is 0 Å². The topological polar surface area (TPSA) is 77.8 Å². The van der Waals surface area contributed by atoms with Crippen molar-refractivity contribution in [3.8, 4) is 17.1 Å². The zero-order chi connectivity index (χ0) is 19.5. The van der Waals surface area contributed by atoms with Gasteiger partial charge in [-0.1, -0.05) is 23.7 Å². The smallest absolute Gasteiger partial charge is 0.137 e. The zero-order valence-electron chi connectivity index (χ0n) is 15.6. The molecule has 4 rings (SSSR count). The van der Waals surface area contributed by atoms with Crippen LogP contribution in [-0.4, -0.2) is 38.4 Å². The van der Waals surface area contributed by atoms with E-state index in [9.17, 15) is 0 Å². The lowest BCUT2D eigenvalue weighted by Gasteiger charge is -2.07. The van der Waals surface area contributed by atoms with E-state index in [-0.39, 0.29) is 0 Å². The number of aromatic nitrogens is 5. The van der Waals surface area contributed by atoms with Crippen molar-refractivity contribution in [1.29, 1.82) is 0 Å². The largest absolute Gasteiger partial charge is 0.497 e. The van der Waals surface area contributed by atoms with Gasteiger partial charge in [0.25, 0.3) is 0 Å². The number of pyridine rings is 1. The van der Waals surface area contributed by atoms with Crippen LogP contribution in [0.4, 0.5) is 5.82 Å². The maximum absolute atomic E-state index is 6.08. The van der Waals surface area contributed by atoms with E-state index in [1.165, 1.54) is 6.33 Å². The molecule has 1 aromatic carbocycles. The molecule has 3 heterocycles. The second-order valence-electron chi connectivity index (χ2n) is 6.16. The van der Waals surface area contributed by atoms with Gasteiger partial charge in [-0.2, -0.15) is 5.10 Å². The monoisotopic (exact) mass is 394 g/mol. The summed E-state index contributed by atoms with van der Waals surface area (Å²) in [6.45, 7) is 3.39. The van der Waals surface area contributed by atoms with Gasteiger partial charge in [-0.3, -0.25) is 4.68 Å². The summed E-state index contributed by atoms with van der Waals surface area (Å²) in [5, 5.41) is 9.43. The van der Waals surface area contributed by atoms with E-state index >= 15 is 0 Å². The molecule has 0 aliphatic carbocycles. The maximum Gasteiger partial charge on any atom is 0.137 e. The van der Waals surface area contributed by atoms with Gasteiger partial charge in [-0.05, 0) is 30.7 Å². The Hall–Kier alpha value is -3.19. The number of methoxy groups -OCH3 is 1. The number of benzene rings is 1. The predicted molar refractivity (Wildman–Crippen MR) is 110 cm³/mol. The molecule has 0 amide bonds. The summed E-state index contributed by atoms with van der Waals surface area (Å²) in [5.74, 6) is 1.59. The Bertz CT molecular complexity index is 1110. The quantitative estimate of drug-likeness (QED) is 0.497. The van der Waals surface area contributed by atoms with Gasteiger partial charge in [0.1, 0.15) is 28.7 Å². The van der Waals surface area contributed by atoms with Gasteiger partial charge in [0.15, 0.2) is 0 Å². The molecule has 4 aromatic rings. The van der Waals surface area contributed by atoms with Crippen LogP contribution in [0.1, 0.15) is 12.5 Å². The summed E-state index contributed by atoms with van der Waals surface area (Å²) < 4.78 is 7.19. The number of halogens is 1. The lowest BCUT2D eigenvalue weighted by molar-refractivity contribution is 0.414. The van der Waals surface area contributed by atoms with E-state index in [0.717, 1.165) is 40.3 Å². The molecule has 0 radical (unpaired) electrons. The van der Waals surface area contributed by atoms with Gasteiger partial charge in [0.05, 0.1) is 30.3 Å². The van der Waals surface area contributed by atoms with Crippen LogP contribution in [-0.2, 0) is 6.54 Å². The molecular formula is C20H19ClN6O. The first-order chi connectivity index (χ1) is 13.7. The normalized spacial score (nSPS) is 11.0. The van der Waals surface area contributed by atoms with Gasteiger partial charge in [0, 0.05) is 18.8 Å². The van der Waals surface area contributed by atoms with E-state index in [1.807, 2.05) is 41.9 Å². The summed E-state index contributed by atoms with van der Waals surface area (Å²) in [5.41, 5.74) is 3.45. The van der Waals surface area contributed by atoms with Gasteiger partial charge < -0.3 is 10.1 Å². The Morgan fingerprint density at radius 2 is 1.93 bits per heavy atom. The molecule has 28 heavy (non-hydrogen) atoms. The van der Waals surface area contributed by atoms with Crippen molar-refractivity contribution in [2.24, 2.45) is 0 Å². The number of nitrogens with one attached hydrogen (secondary N) is 1. The van der Waals surface area contributed by atoms with Gasteiger partial charge in [-0.25, -0.2) is 15.0 Å². The molecule has 7 nitrogen and oxygen atoms in total. The Morgan fingerprint density at radius 3 is 2.64 bits per heavy atom. The molecule has 0 saturated heterocycles. The van der Waals surface area contributed by atoms with Gasteiger partial charge in [0.2, 0.25) is 0 Å². The summed E-state index contributed by atoms with van der Waals surface area (Å²) >= 11 is 6.08. The fourth-order valence-electron chi connectivity index (χ4n) is 3.09. The lowest BCUT2D eigenvalue weighted by atomic mass is 10.2. The number of hydrogen-bond acceptors (Lipinski definition) is 6. The maximum atomic E-state index is 6.08. The minimum Gasteiger partial charge on any atom is -0.497 e. The Balaban J connectivity index is 1.85. The molecule has 0 saturated carbocycles. The van der Waals surface area contributed by atoms with Crippen molar-refractivity contribution < 1.29 is 4.74 Å². The fourth-order valence-corrected chi connectivity index (χ4v) is 3.24. The van der Waals surface area contributed by atoms with E-state index in [4.69, 9.17) is 21.4 Å². The third-order valence-corrected chi connectivity index (χ3v) is 4.58. The van der Waals surface area contributed by atoms with E-state index in [2.05, 4.69) is 20.3 Å². The number of nitrogens with zero attached hydrogens (tertiary/aromatic N) is 5. The van der Waals surface area contributed by atoms with Crippen molar-refractivity contribution in [2.75, 3.05) is 19.0 Å². The second-order valence-corrected chi connectivity index (χ2v) is 6.55. The number of hydrogen-bond donors (Lipinski definition) is 1.